The Bertz CT molecular complexity index is 3950. The molecular formula is C61H40N4Si. The molecule has 0 N–H and O–H groups in total. The van der Waals surface area contributed by atoms with Gasteiger partial charge >= 0.3 is 0 Å². The lowest BCUT2D eigenvalue weighted by molar-refractivity contribution is 1.16. The van der Waals surface area contributed by atoms with Crippen LogP contribution in [0.5, 0.6) is 0 Å². The van der Waals surface area contributed by atoms with Gasteiger partial charge in [-0.1, -0.05) is 164 Å². The SMILES string of the molecule is N#Cc1ccc2c(c1)c1ccccc1n2-c1ccc2c(c1)c1ccccc1n2-c1cccc2c1c1ccccc1n2-c1ccc([Si](c2ccccc2)(c2ccccc2)c2ccccc2)cc1. The van der Waals surface area contributed by atoms with Crippen molar-refractivity contribution < 1.29 is 0 Å². The Morgan fingerprint density at radius 1 is 0.303 bits per heavy atom. The minimum absolute atomic E-state index is 0.661. The third-order valence-corrected chi connectivity index (χ3v) is 18.6. The molecule has 0 saturated carbocycles. The summed E-state index contributed by atoms with van der Waals surface area (Å²) in [6, 6.07) is 90.9. The van der Waals surface area contributed by atoms with Crippen LogP contribution in [0.15, 0.2) is 243 Å². The number of nitriles is 1. The van der Waals surface area contributed by atoms with E-state index in [1.54, 1.807) is 0 Å². The van der Waals surface area contributed by atoms with Gasteiger partial charge in [0.25, 0.3) is 0 Å². The summed E-state index contributed by atoms with van der Waals surface area (Å²) in [5.74, 6) is 0. The van der Waals surface area contributed by atoms with Crippen LogP contribution in [0.1, 0.15) is 5.56 Å². The molecular weight excluding hydrogens is 817 g/mol. The second kappa shape index (κ2) is 15.0. The van der Waals surface area contributed by atoms with Crippen molar-refractivity contribution in [1.82, 2.24) is 13.7 Å². The average molecular weight is 857 g/mol. The minimum atomic E-state index is -2.69. The van der Waals surface area contributed by atoms with Crippen LogP contribution in [0.2, 0.25) is 0 Å². The van der Waals surface area contributed by atoms with Gasteiger partial charge in [-0.2, -0.15) is 5.26 Å². The van der Waals surface area contributed by atoms with E-state index in [9.17, 15) is 5.26 Å². The summed E-state index contributed by atoms with van der Waals surface area (Å²) in [4.78, 5) is 0. The van der Waals surface area contributed by atoms with Crippen molar-refractivity contribution in [2.24, 2.45) is 0 Å². The predicted molar refractivity (Wildman–Crippen MR) is 278 cm³/mol. The zero-order valence-corrected chi connectivity index (χ0v) is 36.9. The molecule has 4 nitrogen and oxygen atoms in total. The predicted octanol–water partition coefficient (Wildman–Crippen LogP) is 12.2. The Hall–Kier alpha value is -8.69. The molecule has 0 aliphatic carbocycles. The van der Waals surface area contributed by atoms with E-state index in [-0.39, 0.29) is 0 Å². The van der Waals surface area contributed by atoms with Crippen LogP contribution in [-0.4, -0.2) is 21.8 Å². The second-order valence-corrected chi connectivity index (χ2v) is 21.0. The van der Waals surface area contributed by atoms with Crippen molar-refractivity contribution >= 4 is 94.2 Å². The first-order valence-corrected chi connectivity index (χ1v) is 24.5. The molecule has 0 fully saturated rings. The highest BCUT2D eigenvalue weighted by molar-refractivity contribution is 7.19. The summed E-state index contributed by atoms with van der Waals surface area (Å²) in [7, 11) is -2.69. The number of hydrogen-bond acceptors (Lipinski definition) is 1. The molecule has 5 heteroatoms. The van der Waals surface area contributed by atoms with Crippen molar-refractivity contribution in [2.45, 2.75) is 0 Å². The van der Waals surface area contributed by atoms with Crippen molar-refractivity contribution in [1.29, 1.82) is 5.26 Å². The molecule has 66 heavy (non-hydrogen) atoms. The molecule has 13 rings (SSSR count). The number of hydrogen-bond donors (Lipinski definition) is 0. The van der Waals surface area contributed by atoms with Gasteiger partial charge in [0.05, 0.1) is 50.4 Å². The zero-order valence-electron chi connectivity index (χ0n) is 35.9. The Balaban J connectivity index is 1.01. The first-order chi connectivity index (χ1) is 32.7. The second-order valence-electron chi connectivity index (χ2n) is 17.2. The minimum Gasteiger partial charge on any atom is -0.309 e. The lowest BCUT2D eigenvalue weighted by Crippen LogP contribution is -2.74. The van der Waals surface area contributed by atoms with Crippen LogP contribution >= 0.6 is 0 Å². The molecule has 0 spiro atoms. The van der Waals surface area contributed by atoms with E-state index in [1.165, 1.54) is 47.8 Å². The van der Waals surface area contributed by atoms with Gasteiger partial charge in [0.2, 0.25) is 0 Å². The summed E-state index contributed by atoms with van der Waals surface area (Å²) in [6.45, 7) is 0. The smallest absolute Gasteiger partial charge is 0.179 e. The van der Waals surface area contributed by atoms with E-state index < -0.39 is 8.07 Å². The Kier molecular flexibility index (Phi) is 8.57. The zero-order chi connectivity index (χ0) is 43.8. The van der Waals surface area contributed by atoms with Crippen LogP contribution < -0.4 is 20.7 Å². The lowest BCUT2D eigenvalue weighted by Gasteiger charge is -2.34. The van der Waals surface area contributed by atoms with E-state index in [1.807, 2.05) is 12.1 Å². The number of rotatable bonds is 7. The Labute approximate surface area is 382 Å². The molecule has 13 aromatic rings. The fourth-order valence-corrected chi connectivity index (χ4v) is 15.8. The normalized spacial score (nSPS) is 11.9. The van der Waals surface area contributed by atoms with Gasteiger partial charge in [0.15, 0.2) is 8.07 Å². The topological polar surface area (TPSA) is 38.6 Å². The van der Waals surface area contributed by atoms with Gasteiger partial charge < -0.3 is 13.7 Å². The fourth-order valence-electron chi connectivity index (χ4n) is 11.1. The third-order valence-electron chi connectivity index (χ3n) is 13.8. The lowest BCUT2D eigenvalue weighted by atomic mass is 10.1. The highest BCUT2D eigenvalue weighted by atomic mass is 28.3. The first-order valence-electron chi connectivity index (χ1n) is 22.5. The molecule has 0 radical (unpaired) electrons. The molecule has 0 aliphatic heterocycles. The third kappa shape index (κ3) is 5.49. The van der Waals surface area contributed by atoms with Crippen LogP contribution in [0.3, 0.4) is 0 Å². The Morgan fingerprint density at radius 2 is 0.727 bits per heavy atom. The van der Waals surface area contributed by atoms with Crippen molar-refractivity contribution in [2.75, 3.05) is 0 Å². The monoisotopic (exact) mass is 856 g/mol. The van der Waals surface area contributed by atoms with Gasteiger partial charge in [-0.05, 0) is 99.6 Å². The number of fused-ring (bicyclic) bond motifs is 9. The van der Waals surface area contributed by atoms with E-state index in [2.05, 4.69) is 250 Å². The molecule has 3 heterocycles. The summed E-state index contributed by atoms with van der Waals surface area (Å²) in [6.07, 6.45) is 0. The van der Waals surface area contributed by atoms with Gasteiger partial charge in [0.1, 0.15) is 0 Å². The molecule has 3 aromatic heterocycles. The van der Waals surface area contributed by atoms with Gasteiger partial charge in [-0.15, -0.1) is 0 Å². The molecule has 308 valence electrons. The first kappa shape index (κ1) is 37.8. The molecule has 10 aromatic carbocycles. The van der Waals surface area contributed by atoms with Crippen LogP contribution in [-0.2, 0) is 0 Å². The molecule has 0 unspecified atom stereocenters. The standard InChI is InChI=1S/C61H40N4Si/c62-41-42-31-37-57-52(39-42)49-23-10-13-26-54(49)64(57)44-34-38-58-53(40-44)50-24-11-14-27-55(50)65(58)60-30-16-29-59-61(60)51-25-12-15-28-56(51)63(59)43-32-35-48(36-33-43)66(45-17-4-1-5-18-45,46-19-6-2-7-20-46)47-21-8-3-9-22-47/h1-40H. The summed E-state index contributed by atoms with van der Waals surface area (Å²) in [5.41, 5.74) is 10.8. The molecule has 0 bridgehead atoms. The van der Waals surface area contributed by atoms with E-state index in [4.69, 9.17) is 0 Å². The fraction of sp³-hybridized carbons (Fsp3) is 0. The van der Waals surface area contributed by atoms with Gasteiger partial charge in [0, 0.05) is 43.7 Å². The molecule has 0 atom stereocenters. The Morgan fingerprint density at radius 3 is 1.33 bits per heavy atom. The van der Waals surface area contributed by atoms with Crippen LogP contribution in [0.25, 0.3) is 82.5 Å². The summed E-state index contributed by atoms with van der Waals surface area (Å²) < 4.78 is 7.24. The highest BCUT2D eigenvalue weighted by Crippen LogP contribution is 2.41. The number of para-hydroxylation sites is 3. The van der Waals surface area contributed by atoms with Crippen LogP contribution in [0, 0.1) is 11.3 Å². The van der Waals surface area contributed by atoms with Gasteiger partial charge in [-0.3, -0.25) is 0 Å². The number of benzene rings is 10. The van der Waals surface area contributed by atoms with Crippen LogP contribution in [0.4, 0.5) is 0 Å². The van der Waals surface area contributed by atoms with Crippen molar-refractivity contribution in [3.63, 3.8) is 0 Å². The number of aromatic nitrogens is 3. The van der Waals surface area contributed by atoms with E-state index in [0.717, 1.165) is 55.4 Å². The quantitative estimate of drug-likeness (QED) is 0.116. The molecule has 0 saturated heterocycles. The van der Waals surface area contributed by atoms with Crippen molar-refractivity contribution in [3.05, 3.63) is 248 Å². The number of nitrogens with zero attached hydrogens (tertiary/aromatic N) is 4. The molecule has 0 amide bonds. The summed E-state index contributed by atoms with van der Waals surface area (Å²) >= 11 is 0. The average Bonchev–Trinajstić information content (AvgIpc) is 4.03. The molecule has 0 aliphatic rings. The maximum absolute atomic E-state index is 9.78. The van der Waals surface area contributed by atoms with Gasteiger partial charge in [-0.25, -0.2) is 0 Å². The summed E-state index contributed by atoms with van der Waals surface area (Å²) in [5, 5.41) is 22.2. The maximum atomic E-state index is 9.78. The van der Waals surface area contributed by atoms with E-state index in [0.29, 0.717) is 5.56 Å². The van der Waals surface area contributed by atoms with Crippen molar-refractivity contribution in [3.8, 4) is 23.1 Å². The largest absolute Gasteiger partial charge is 0.309 e. The maximum Gasteiger partial charge on any atom is 0.179 e. The van der Waals surface area contributed by atoms with E-state index >= 15 is 0 Å². The highest BCUT2D eigenvalue weighted by Gasteiger charge is 2.41.